The van der Waals surface area contributed by atoms with Crippen molar-refractivity contribution in [3.8, 4) is 5.75 Å². The van der Waals surface area contributed by atoms with E-state index in [0.717, 1.165) is 17.7 Å². The van der Waals surface area contributed by atoms with Crippen LogP contribution in [0, 0.1) is 18.6 Å². The van der Waals surface area contributed by atoms with Gasteiger partial charge in [-0.2, -0.15) is 0 Å². The summed E-state index contributed by atoms with van der Waals surface area (Å²) in [4.78, 5) is 23.7. The number of aryl methyl sites for hydroxylation is 1. The number of esters is 1. The van der Waals surface area contributed by atoms with Crippen LogP contribution in [0.5, 0.6) is 5.75 Å². The summed E-state index contributed by atoms with van der Waals surface area (Å²) in [6.07, 6.45) is -1.21. The maximum Gasteiger partial charge on any atom is 0.344 e. The third-order valence-electron chi connectivity index (χ3n) is 3.30. The summed E-state index contributed by atoms with van der Waals surface area (Å²) in [5.41, 5.74) is 0.675. The van der Waals surface area contributed by atoms with Crippen molar-refractivity contribution in [3.63, 3.8) is 0 Å². The molecule has 0 heterocycles. The average Bonchev–Trinajstić information content (AvgIpc) is 2.58. The lowest BCUT2D eigenvalue weighted by Gasteiger charge is -2.14. The van der Waals surface area contributed by atoms with Gasteiger partial charge in [-0.25, -0.2) is 13.6 Å². The molecule has 0 radical (unpaired) electrons. The smallest absolute Gasteiger partial charge is 0.344 e. The second-order valence-electron chi connectivity index (χ2n) is 5.47. The van der Waals surface area contributed by atoms with Gasteiger partial charge >= 0.3 is 5.97 Å². The highest BCUT2D eigenvalue weighted by Gasteiger charge is 2.20. The van der Waals surface area contributed by atoms with Crippen molar-refractivity contribution in [2.45, 2.75) is 20.0 Å². The summed E-state index contributed by atoms with van der Waals surface area (Å²) in [5.74, 6) is -2.96. The highest BCUT2D eigenvalue weighted by atomic mass is 35.5. The highest BCUT2D eigenvalue weighted by Crippen LogP contribution is 2.25. The van der Waals surface area contributed by atoms with Crippen molar-refractivity contribution in [1.29, 1.82) is 0 Å². The number of hydrogen-bond acceptors (Lipinski definition) is 4. The molecule has 5 nitrogen and oxygen atoms in total. The topological polar surface area (TPSA) is 64.6 Å². The molecule has 8 heteroatoms. The fraction of sp³-hybridized carbons (Fsp3) is 0.222. The van der Waals surface area contributed by atoms with Gasteiger partial charge < -0.3 is 14.8 Å². The second-order valence-corrected chi connectivity index (χ2v) is 5.88. The van der Waals surface area contributed by atoms with Crippen LogP contribution in [-0.2, 0) is 14.3 Å². The van der Waals surface area contributed by atoms with Crippen LogP contribution in [0.15, 0.2) is 36.4 Å². The van der Waals surface area contributed by atoms with E-state index >= 15 is 0 Å². The quantitative estimate of drug-likeness (QED) is 0.769. The number of carbonyl (C=O) groups excluding carboxylic acids is 2. The lowest BCUT2D eigenvalue weighted by molar-refractivity contribution is -0.155. The van der Waals surface area contributed by atoms with E-state index in [-0.39, 0.29) is 5.69 Å². The van der Waals surface area contributed by atoms with Crippen LogP contribution in [0.1, 0.15) is 12.5 Å². The number of hydrogen-bond donors (Lipinski definition) is 1. The number of rotatable bonds is 6. The number of anilines is 1. The molecule has 1 amide bonds. The van der Waals surface area contributed by atoms with Crippen LogP contribution in [-0.4, -0.2) is 24.6 Å². The van der Waals surface area contributed by atoms with Crippen molar-refractivity contribution >= 4 is 29.2 Å². The molecule has 0 aliphatic heterocycles. The molecule has 26 heavy (non-hydrogen) atoms. The van der Waals surface area contributed by atoms with Gasteiger partial charge in [0.2, 0.25) is 0 Å². The summed E-state index contributed by atoms with van der Waals surface area (Å²) < 4.78 is 36.6. The predicted octanol–water partition coefficient (Wildman–Crippen LogP) is 3.88. The molecule has 0 unspecified atom stereocenters. The van der Waals surface area contributed by atoms with Crippen LogP contribution in [0.4, 0.5) is 14.5 Å². The minimum atomic E-state index is -1.21. The molecule has 1 N–H and O–H groups in total. The molecule has 0 aromatic heterocycles. The van der Waals surface area contributed by atoms with Gasteiger partial charge in [0, 0.05) is 6.07 Å². The number of nitrogens with one attached hydrogen (secondary N) is 1. The molecule has 0 saturated carbocycles. The van der Waals surface area contributed by atoms with E-state index < -0.39 is 36.2 Å². The first-order valence-corrected chi connectivity index (χ1v) is 7.98. The van der Waals surface area contributed by atoms with Gasteiger partial charge in [0.25, 0.3) is 5.91 Å². The third-order valence-corrected chi connectivity index (χ3v) is 3.61. The maximum atomic E-state index is 13.5. The van der Waals surface area contributed by atoms with E-state index in [9.17, 15) is 18.4 Å². The molecule has 0 spiro atoms. The van der Waals surface area contributed by atoms with Gasteiger partial charge in [-0.3, -0.25) is 4.79 Å². The van der Waals surface area contributed by atoms with E-state index in [1.54, 1.807) is 18.2 Å². The first-order chi connectivity index (χ1) is 12.3. The molecular weight excluding hydrogens is 368 g/mol. The Morgan fingerprint density at radius 2 is 1.92 bits per heavy atom. The van der Waals surface area contributed by atoms with Crippen molar-refractivity contribution in [2.75, 3.05) is 11.9 Å². The Bertz CT molecular complexity index is 829. The number of carbonyl (C=O) groups is 2. The van der Waals surface area contributed by atoms with Crippen molar-refractivity contribution in [2.24, 2.45) is 0 Å². The van der Waals surface area contributed by atoms with E-state index in [1.165, 1.54) is 6.92 Å². The summed E-state index contributed by atoms with van der Waals surface area (Å²) in [7, 11) is 0. The number of amides is 1. The SMILES string of the molecule is Cc1ccc(Cl)c(OCC(=O)O[C@H](C)C(=O)Nc2ccc(F)cc2F)c1. The molecule has 2 aromatic rings. The van der Waals surface area contributed by atoms with Crippen LogP contribution in [0.2, 0.25) is 5.02 Å². The van der Waals surface area contributed by atoms with E-state index in [0.29, 0.717) is 16.8 Å². The Balaban J connectivity index is 1.87. The van der Waals surface area contributed by atoms with Crippen molar-refractivity contribution in [1.82, 2.24) is 0 Å². The first kappa shape index (κ1) is 19.7. The van der Waals surface area contributed by atoms with Crippen LogP contribution >= 0.6 is 11.6 Å². The second kappa shape index (κ2) is 8.62. The van der Waals surface area contributed by atoms with Gasteiger partial charge in [-0.15, -0.1) is 0 Å². The fourth-order valence-electron chi connectivity index (χ4n) is 1.97. The van der Waals surface area contributed by atoms with Gasteiger partial charge in [-0.1, -0.05) is 17.7 Å². The third kappa shape index (κ3) is 5.42. The van der Waals surface area contributed by atoms with Crippen molar-refractivity contribution < 1.29 is 27.8 Å². The monoisotopic (exact) mass is 383 g/mol. The van der Waals surface area contributed by atoms with Crippen LogP contribution < -0.4 is 10.1 Å². The lowest BCUT2D eigenvalue weighted by Crippen LogP contribution is -2.32. The Morgan fingerprint density at radius 3 is 2.62 bits per heavy atom. The number of benzene rings is 2. The molecule has 0 bridgehead atoms. The minimum absolute atomic E-state index is 0.220. The molecule has 138 valence electrons. The normalized spacial score (nSPS) is 11.6. The van der Waals surface area contributed by atoms with Crippen molar-refractivity contribution in [3.05, 3.63) is 58.6 Å². The van der Waals surface area contributed by atoms with Gasteiger partial charge in [0.1, 0.15) is 17.4 Å². The molecule has 0 saturated heterocycles. The summed E-state index contributed by atoms with van der Waals surface area (Å²) >= 11 is 5.95. The summed E-state index contributed by atoms with van der Waals surface area (Å²) in [5, 5.41) is 2.55. The van der Waals surface area contributed by atoms with E-state index in [1.807, 2.05) is 6.92 Å². The molecule has 0 aliphatic rings. The number of ether oxygens (including phenoxy) is 2. The highest BCUT2D eigenvalue weighted by molar-refractivity contribution is 6.32. The average molecular weight is 384 g/mol. The lowest BCUT2D eigenvalue weighted by atomic mass is 10.2. The predicted molar refractivity (Wildman–Crippen MR) is 92.2 cm³/mol. The summed E-state index contributed by atoms with van der Waals surface area (Å²) in [6, 6.07) is 7.77. The molecule has 1 atom stereocenters. The Kier molecular flexibility index (Phi) is 6.52. The largest absolute Gasteiger partial charge is 0.480 e. The van der Waals surface area contributed by atoms with Gasteiger partial charge in [-0.05, 0) is 43.7 Å². The van der Waals surface area contributed by atoms with E-state index in [4.69, 9.17) is 21.1 Å². The number of halogens is 3. The molecule has 2 aromatic carbocycles. The zero-order chi connectivity index (χ0) is 19.3. The summed E-state index contributed by atoms with van der Waals surface area (Å²) in [6.45, 7) is 2.70. The molecule has 0 fully saturated rings. The van der Waals surface area contributed by atoms with Gasteiger partial charge in [0.15, 0.2) is 12.7 Å². The maximum absolute atomic E-state index is 13.5. The first-order valence-electron chi connectivity index (χ1n) is 7.60. The fourth-order valence-corrected chi connectivity index (χ4v) is 2.14. The molecule has 0 aliphatic carbocycles. The minimum Gasteiger partial charge on any atom is -0.480 e. The standard InChI is InChI=1S/C18H16ClF2NO4/c1-10-3-5-13(19)16(7-10)25-9-17(23)26-11(2)18(24)22-15-6-4-12(20)8-14(15)21/h3-8,11H,9H2,1-2H3,(H,22,24)/t11-/m1/s1. The zero-order valence-electron chi connectivity index (χ0n) is 14.0. The Morgan fingerprint density at radius 1 is 1.19 bits per heavy atom. The van der Waals surface area contributed by atoms with Crippen LogP contribution in [0.3, 0.4) is 0 Å². The molecule has 2 rings (SSSR count). The molecular formula is C18H16ClF2NO4. The van der Waals surface area contributed by atoms with E-state index in [2.05, 4.69) is 5.32 Å². The van der Waals surface area contributed by atoms with Gasteiger partial charge in [0.05, 0.1) is 10.7 Å². The Labute approximate surface area is 153 Å². The Hall–Kier alpha value is -2.67. The van der Waals surface area contributed by atoms with Crippen LogP contribution in [0.25, 0.3) is 0 Å². The zero-order valence-corrected chi connectivity index (χ0v) is 14.8.